The summed E-state index contributed by atoms with van der Waals surface area (Å²) in [7, 11) is 0. The van der Waals surface area contributed by atoms with Crippen LogP contribution in [0.25, 0.3) is 22.2 Å². The zero-order valence-electron chi connectivity index (χ0n) is 18.7. The molecule has 0 bridgehead atoms. The molecule has 0 aliphatic rings. The maximum Gasteiger partial charge on any atom is 0.423 e. The van der Waals surface area contributed by atoms with E-state index < -0.39 is 46.2 Å². The Kier molecular flexibility index (Phi) is 6.82. The van der Waals surface area contributed by atoms with E-state index in [4.69, 9.17) is 0 Å². The van der Waals surface area contributed by atoms with E-state index in [1.165, 1.54) is 23.0 Å². The van der Waals surface area contributed by atoms with Crippen molar-refractivity contribution in [2.24, 2.45) is 0 Å². The molecule has 0 fully saturated rings. The van der Waals surface area contributed by atoms with E-state index in [9.17, 15) is 31.5 Å². The number of hydrogen-bond acceptors (Lipinski definition) is 6. The first-order chi connectivity index (χ1) is 17.0. The van der Waals surface area contributed by atoms with Gasteiger partial charge in [0, 0.05) is 18.2 Å². The van der Waals surface area contributed by atoms with Crippen LogP contribution in [0.2, 0.25) is 0 Å². The normalized spacial score (nSPS) is 12.6. The third-order valence-corrected chi connectivity index (χ3v) is 5.49. The lowest BCUT2D eigenvalue weighted by Crippen LogP contribution is -2.27. The van der Waals surface area contributed by atoms with E-state index in [0.717, 1.165) is 24.5 Å². The fraction of sp³-hybridized carbons (Fsp3) is 0.261. The third-order valence-electron chi connectivity index (χ3n) is 5.49. The van der Waals surface area contributed by atoms with E-state index in [-0.39, 0.29) is 28.7 Å². The molecule has 188 valence electrons. The van der Waals surface area contributed by atoms with Crippen LogP contribution in [0.15, 0.2) is 52.6 Å². The summed E-state index contributed by atoms with van der Waals surface area (Å²) in [6.45, 7) is 1.81. The monoisotopic (exact) mass is 506 g/mol. The van der Waals surface area contributed by atoms with Crippen molar-refractivity contribution in [2.45, 2.75) is 38.5 Å². The summed E-state index contributed by atoms with van der Waals surface area (Å²) in [6.07, 6.45) is -0.994. The number of benzene rings is 1. The number of aryl methyl sites for hydroxylation is 1. The number of anilines is 1. The smallest absolute Gasteiger partial charge is 0.381 e. The second-order valence-corrected chi connectivity index (χ2v) is 8.13. The maximum absolute atomic E-state index is 14.7. The van der Waals surface area contributed by atoms with Crippen molar-refractivity contribution in [2.75, 3.05) is 5.32 Å². The van der Waals surface area contributed by atoms with E-state index in [2.05, 4.69) is 20.4 Å². The molecule has 2 N–H and O–H groups in total. The lowest BCUT2D eigenvalue weighted by atomic mass is 10.1. The van der Waals surface area contributed by atoms with Gasteiger partial charge in [0.05, 0.1) is 41.0 Å². The van der Waals surface area contributed by atoms with Crippen LogP contribution in [-0.4, -0.2) is 30.8 Å². The molecular formula is C23H19F5N6O2. The zero-order valence-corrected chi connectivity index (χ0v) is 18.7. The van der Waals surface area contributed by atoms with Gasteiger partial charge in [-0.05, 0) is 44.0 Å². The van der Waals surface area contributed by atoms with Gasteiger partial charge in [0.2, 0.25) is 0 Å². The van der Waals surface area contributed by atoms with Gasteiger partial charge in [-0.3, -0.25) is 19.1 Å². The first-order valence-electron chi connectivity index (χ1n) is 10.8. The van der Waals surface area contributed by atoms with Crippen LogP contribution in [0.4, 0.5) is 27.6 Å². The highest BCUT2D eigenvalue weighted by atomic mass is 19.4. The van der Waals surface area contributed by atoms with Crippen LogP contribution in [0.3, 0.4) is 0 Å². The van der Waals surface area contributed by atoms with E-state index in [1.54, 1.807) is 12.0 Å². The van der Waals surface area contributed by atoms with Crippen LogP contribution >= 0.6 is 0 Å². The number of rotatable bonds is 7. The third kappa shape index (κ3) is 5.24. The molecule has 36 heavy (non-hydrogen) atoms. The van der Waals surface area contributed by atoms with Gasteiger partial charge in [-0.25, -0.2) is 18.9 Å². The van der Waals surface area contributed by atoms with Crippen LogP contribution < -0.4 is 16.4 Å². The standard InChI is InChI=1S/C23H19F5N6O2/c1-12(32-19-10-31-33-21(35)20(19)23(26,27)28)3-2-6-34-11-30-18-8-14(16(25)7-15(18)22(34)36)17-5-4-13(24)9-29-17/h4-5,7-12H,2-3,6H2,1H3,(H2,32,33,35). The Hall–Kier alpha value is -4.16. The largest absolute Gasteiger partial charge is 0.423 e. The summed E-state index contributed by atoms with van der Waals surface area (Å²) in [5.74, 6) is -1.29. The SMILES string of the molecule is CC(CCCn1cnc2cc(-c3ccc(F)cn3)c(F)cc2c1=O)Nc1cn[nH]c(=O)c1C(F)(F)F. The molecule has 13 heteroatoms. The van der Waals surface area contributed by atoms with Crippen LogP contribution in [0.1, 0.15) is 25.3 Å². The molecule has 4 rings (SSSR count). The molecule has 0 amide bonds. The lowest BCUT2D eigenvalue weighted by Gasteiger charge is -2.18. The van der Waals surface area contributed by atoms with Crippen molar-refractivity contribution in [3.63, 3.8) is 0 Å². The zero-order chi connectivity index (χ0) is 26.0. The number of nitrogens with zero attached hydrogens (tertiary/aromatic N) is 4. The summed E-state index contributed by atoms with van der Waals surface area (Å²) < 4.78 is 68.7. The average Bonchev–Trinajstić information content (AvgIpc) is 2.80. The number of fused-ring (bicyclic) bond motifs is 1. The maximum atomic E-state index is 14.7. The highest BCUT2D eigenvalue weighted by molar-refractivity contribution is 5.83. The molecule has 8 nitrogen and oxygen atoms in total. The highest BCUT2D eigenvalue weighted by Crippen LogP contribution is 2.32. The van der Waals surface area contributed by atoms with Crippen LogP contribution in [0.5, 0.6) is 0 Å². The van der Waals surface area contributed by atoms with Crippen LogP contribution in [-0.2, 0) is 12.7 Å². The molecule has 0 saturated heterocycles. The van der Waals surface area contributed by atoms with Crippen LogP contribution in [0, 0.1) is 11.6 Å². The quantitative estimate of drug-likeness (QED) is 0.366. The van der Waals surface area contributed by atoms with Crippen molar-refractivity contribution in [1.29, 1.82) is 0 Å². The van der Waals surface area contributed by atoms with Gasteiger partial charge >= 0.3 is 6.18 Å². The Labute approximate surface area is 199 Å². The molecule has 1 aromatic carbocycles. The van der Waals surface area contributed by atoms with Gasteiger partial charge < -0.3 is 5.32 Å². The van der Waals surface area contributed by atoms with Gasteiger partial charge in [0.25, 0.3) is 11.1 Å². The van der Waals surface area contributed by atoms with Gasteiger partial charge in [0.15, 0.2) is 0 Å². The Balaban J connectivity index is 1.47. The summed E-state index contributed by atoms with van der Waals surface area (Å²) in [5, 5.41) is 7.85. The Morgan fingerprint density at radius 3 is 2.58 bits per heavy atom. The number of aromatic amines is 1. The minimum atomic E-state index is -4.86. The molecule has 4 aromatic rings. The van der Waals surface area contributed by atoms with Crippen molar-refractivity contribution in [1.82, 2.24) is 24.7 Å². The number of nitrogens with one attached hydrogen (secondary N) is 2. The summed E-state index contributed by atoms with van der Waals surface area (Å²) in [5.41, 5.74) is -3.15. The number of alkyl halides is 3. The second-order valence-electron chi connectivity index (χ2n) is 8.13. The Morgan fingerprint density at radius 2 is 1.89 bits per heavy atom. The first-order valence-corrected chi connectivity index (χ1v) is 10.8. The summed E-state index contributed by atoms with van der Waals surface area (Å²) in [4.78, 5) is 32.5. The Morgan fingerprint density at radius 1 is 1.11 bits per heavy atom. The van der Waals surface area contributed by atoms with Gasteiger partial charge in [-0.15, -0.1) is 0 Å². The molecule has 1 atom stereocenters. The molecule has 0 spiro atoms. The second kappa shape index (κ2) is 9.84. The minimum Gasteiger partial charge on any atom is -0.381 e. The molecule has 0 radical (unpaired) electrons. The Bertz CT molecular complexity index is 1520. The lowest BCUT2D eigenvalue weighted by molar-refractivity contribution is -0.138. The summed E-state index contributed by atoms with van der Waals surface area (Å²) in [6, 6.07) is 4.38. The highest BCUT2D eigenvalue weighted by Gasteiger charge is 2.37. The van der Waals surface area contributed by atoms with E-state index >= 15 is 0 Å². The number of halogens is 5. The van der Waals surface area contributed by atoms with E-state index in [1.807, 2.05) is 0 Å². The predicted molar refractivity (Wildman–Crippen MR) is 121 cm³/mol. The molecule has 0 saturated carbocycles. The minimum absolute atomic E-state index is 0.0384. The van der Waals surface area contributed by atoms with Gasteiger partial charge in [0.1, 0.15) is 17.2 Å². The average molecular weight is 506 g/mol. The van der Waals surface area contributed by atoms with Crippen molar-refractivity contribution in [3.05, 3.63) is 80.9 Å². The van der Waals surface area contributed by atoms with Crippen molar-refractivity contribution < 1.29 is 22.0 Å². The molecule has 3 aromatic heterocycles. The van der Waals surface area contributed by atoms with Crippen molar-refractivity contribution >= 4 is 16.6 Å². The van der Waals surface area contributed by atoms with Gasteiger partial charge in [-0.2, -0.15) is 18.3 Å². The number of aromatic nitrogens is 5. The molecule has 0 aliphatic carbocycles. The fourth-order valence-corrected chi connectivity index (χ4v) is 3.76. The molecule has 0 aliphatic heterocycles. The molecular weight excluding hydrogens is 487 g/mol. The molecule has 1 unspecified atom stereocenters. The first kappa shape index (κ1) is 24.9. The number of hydrogen-bond donors (Lipinski definition) is 2. The van der Waals surface area contributed by atoms with Crippen molar-refractivity contribution in [3.8, 4) is 11.3 Å². The summed E-state index contributed by atoms with van der Waals surface area (Å²) >= 11 is 0. The fourth-order valence-electron chi connectivity index (χ4n) is 3.76. The molecule has 3 heterocycles. The van der Waals surface area contributed by atoms with E-state index in [0.29, 0.717) is 12.8 Å². The predicted octanol–water partition coefficient (Wildman–Crippen LogP) is 4.12. The topological polar surface area (TPSA) is 106 Å². The number of pyridine rings is 1. The van der Waals surface area contributed by atoms with Gasteiger partial charge in [-0.1, -0.05) is 0 Å². The number of H-pyrrole nitrogens is 1.